The summed E-state index contributed by atoms with van der Waals surface area (Å²) in [6.07, 6.45) is 0.357. The zero-order valence-electron chi connectivity index (χ0n) is 14.2. The van der Waals surface area contributed by atoms with Gasteiger partial charge in [0.15, 0.2) is 0 Å². The Morgan fingerprint density at radius 3 is 2.44 bits per heavy atom. The Morgan fingerprint density at radius 1 is 1.04 bits per heavy atom. The number of hydrogen-bond donors (Lipinski definition) is 2. The first kappa shape index (κ1) is 18.1. The lowest BCUT2D eigenvalue weighted by Gasteiger charge is -2.14. The van der Waals surface area contributed by atoms with Crippen molar-refractivity contribution in [2.24, 2.45) is 0 Å². The summed E-state index contributed by atoms with van der Waals surface area (Å²) >= 11 is 0. The van der Waals surface area contributed by atoms with E-state index < -0.39 is 16.7 Å². The van der Waals surface area contributed by atoms with Crippen molar-refractivity contribution in [3.63, 3.8) is 0 Å². The molecule has 0 saturated heterocycles. The van der Waals surface area contributed by atoms with E-state index in [0.29, 0.717) is 12.1 Å². The van der Waals surface area contributed by atoms with Gasteiger partial charge in [-0.05, 0) is 24.6 Å². The van der Waals surface area contributed by atoms with E-state index in [-0.39, 0.29) is 35.9 Å². The third-order valence-corrected chi connectivity index (χ3v) is 4.04. The molecule has 27 heavy (non-hydrogen) atoms. The molecule has 1 heterocycles. The van der Waals surface area contributed by atoms with Crippen LogP contribution >= 0.6 is 0 Å². The van der Waals surface area contributed by atoms with E-state index in [1.807, 2.05) is 6.07 Å². The number of anilines is 1. The van der Waals surface area contributed by atoms with Gasteiger partial charge in [0, 0.05) is 30.9 Å². The molecular weight excluding hydrogens is 352 g/mol. The Morgan fingerprint density at radius 2 is 1.74 bits per heavy atom. The van der Waals surface area contributed by atoms with Crippen LogP contribution < -0.4 is 10.6 Å². The van der Waals surface area contributed by atoms with Gasteiger partial charge in [-0.3, -0.25) is 24.6 Å². The number of hydrogen-bond acceptors (Lipinski definition) is 5. The van der Waals surface area contributed by atoms with Crippen molar-refractivity contribution in [2.75, 3.05) is 18.4 Å². The summed E-state index contributed by atoms with van der Waals surface area (Å²) in [5.74, 6) is -1.05. The predicted octanol–water partition coefficient (Wildman–Crippen LogP) is 2.40. The van der Waals surface area contributed by atoms with Crippen molar-refractivity contribution in [3.05, 3.63) is 69.8 Å². The van der Waals surface area contributed by atoms with Crippen LogP contribution in [-0.4, -0.2) is 40.8 Å². The van der Waals surface area contributed by atoms with E-state index in [1.54, 1.807) is 24.3 Å². The minimum absolute atomic E-state index is 0.0315. The van der Waals surface area contributed by atoms with Gasteiger partial charge in [-0.1, -0.05) is 18.2 Å². The molecule has 2 aromatic carbocycles. The number of imide groups is 1. The number of nitro groups is 1. The van der Waals surface area contributed by atoms with Crippen LogP contribution in [0.2, 0.25) is 0 Å². The van der Waals surface area contributed by atoms with Gasteiger partial charge in [0.05, 0.1) is 16.1 Å². The van der Waals surface area contributed by atoms with Crippen molar-refractivity contribution >= 4 is 29.2 Å². The number of benzene rings is 2. The number of non-ortho nitro benzene ring substituents is 1. The van der Waals surface area contributed by atoms with Crippen LogP contribution in [0, 0.1) is 10.1 Å². The summed E-state index contributed by atoms with van der Waals surface area (Å²) in [6, 6.07) is 12.1. The third-order valence-electron chi connectivity index (χ3n) is 4.04. The van der Waals surface area contributed by atoms with Crippen LogP contribution in [0.3, 0.4) is 0 Å². The van der Waals surface area contributed by atoms with Crippen LogP contribution in [0.1, 0.15) is 27.1 Å². The molecule has 2 N–H and O–H groups in total. The van der Waals surface area contributed by atoms with Crippen molar-refractivity contribution in [1.82, 2.24) is 10.2 Å². The van der Waals surface area contributed by atoms with E-state index in [1.165, 1.54) is 12.1 Å². The molecule has 1 aliphatic rings. The fraction of sp³-hybridized carbons (Fsp3) is 0.167. The van der Waals surface area contributed by atoms with Gasteiger partial charge in [-0.2, -0.15) is 0 Å². The molecule has 0 radical (unpaired) electrons. The molecule has 2 aromatic rings. The average Bonchev–Trinajstić information content (AvgIpc) is 2.90. The Labute approximate surface area is 154 Å². The van der Waals surface area contributed by atoms with Gasteiger partial charge in [0.2, 0.25) is 0 Å². The second-order valence-electron chi connectivity index (χ2n) is 5.85. The molecule has 9 nitrogen and oxygen atoms in total. The minimum atomic E-state index is -0.615. The van der Waals surface area contributed by atoms with Gasteiger partial charge in [-0.25, -0.2) is 4.79 Å². The van der Waals surface area contributed by atoms with Crippen LogP contribution in [0.5, 0.6) is 0 Å². The molecule has 138 valence electrons. The summed E-state index contributed by atoms with van der Waals surface area (Å²) in [5, 5.41) is 16.1. The van der Waals surface area contributed by atoms with Crippen molar-refractivity contribution in [2.45, 2.75) is 6.42 Å². The topological polar surface area (TPSA) is 122 Å². The maximum Gasteiger partial charge on any atom is 0.319 e. The number of nitro benzene ring substituents is 1. The van der Waals surface area contributed by atoms with Crippen LogP contribution in [0.25, 0.3) is 0 Å². The van der Waals surface area contributed by atoms with Crippen LogP contribution in [-0.2, 0) is 0 Å². The fourth-order valence-corrected chi connectivity index (χ4v) is 2.73. The van der Waals surface area contributed by atoms with E-state index in [0.717, 1.165) is 11.0 Å². The Kier molecular flexibility index (Phi) is 5.11. The predicted molar refractivity (Wildman–Crippen MR) is 96.5 cm³/mol. The molecule has 1 aliphatic heterocycles. The normalized spacial score (nSPS) is 12.7. The summed E-state index contributed by atoms with van der Waals surface area (Å²) < 4.78 is 0. The first-order valence-corrected chi connectivity index (χ1v) is 8.22. The summed E-state index contributed by atoms with van der Waals surface area (Å²) in [5.41, 5.74) is 0.595. The quantitative estimate of drug-likeness (QED) is 0.351. The molecule has 9 heteroatoms. The molecule has 0 atom stereocenters. The second-order valence-corrected chi connectivity index (χ2v) is 5.85. The zero-order chi connectivity index (χ0) is 19.4. The minimum Gasteiger partial charge on any atom is -0.338 e. The first-order valence-electron chi connectivity index (χ1n) is 8.22. The molecule has 3 rings (SSSR count). The van der Waals surface area contributed by atoms with E-state index >= 15 is 0 Å². The van der Waals surface area contributed by atoms with Crippen molar-refractivity contribution in [1.29, 1.82) is 0 Å². The zero-order valence-corrected chi connectivity index (χ0v) is 14.2. The monoisotopic (exact) mass is 368 g/mol. The highest BCUT2D eigenvalue weighted by atomic mass is 16.6. The highest BCUT2D eigenvalue weighted by molar-refractivity contribution is 6.21. The Hall–Kier alpha value is -3.75. The number of nitrogens with zero attached hydrogens (tertiary/aromatic N) is 2. The van der Waals surface area contributed by atoms with E-state index in [2.05, 4.69) is 10.6 Å². The summed E-state index contributed by atoms with van der Waals surface area (Å²) in [6.45, 7) is 0.359. The van der Waals surface area contributed by atoms with Gasteiger partial charge < -0.3 is 10.6 Å². The molecular formula is C18H16N4O5. The number of carbonyl (C=O) groups is 3. The maximum absolute atomic E-state index is 12.3. The Balaban J connectivity index is 1.51. The molecule has 0 aromatic heterocycles. The number of amides is 4. The number of fused-ring (bicyclic) bond motifs is 1. The number of para-hydroxylation sites is 1. The molecule has 0 spiro atoms. The lowest BCUT2D eigenvalue weighted by Crippen LogP contribution is -2.35. The molecule has 0 unspecified atom stereocenters. The van der Waals surface area contributed by atoms with Crippen LogP contribution in [0.4, 0.5) is 16.2 Å². The van der Waals surface area contributed by atoms with Gasteiger partial charge in [-0.15, -0.1) is 0 Å². The van der Waals surface area contributed by atoms with Crippen LogP contribution in [0.15, 0.2) is 48.5 Å². The molecule has 0 aliphatic carbocycles. The van der Waals surface area contributed by atoms with E-state index in [4.69, 9.17) is 0 Å². The van der Waals surface area contributed by atoms with Gasteiger partial charge in [0.1, 0.15) is 0 Å². The highest BCUT2D eigenvalue weighted by Crippen LogP contribution is 2.26. The number of urea groups is 1. The number of rotatable bonds is 6. The smallest absolute Gasteiger partial charge is 0.319 e. The summed E-state index contributed by atoms with van der Waals surface area (Å²) in [7, 11) is 0. The largest absolute Gasteiger partial charge is 0.338 e. The number of carbonyl (C=O) groups excluding carboxylic acids is 3. The molecule has 4 amide bonds. The van der Waals surface area contributed by atoms with Crippen molar-refractivity contribution < 1.29 is 19.3 Å². The first-order chi connectivity index (χ1) is 13.0. The third kappa shape index (κ3) is 3.92. The summed E-state index contributed by atoms with van der Waals surface area (Å²) in [4.78, 5) is 47.7. The lowest BCUT2D eigenvalue weighted by atomic mass is 10.1. The van der Waals surface area contributed by atoms with Gasteiger partial charge >= 0.3 is 6.03 Å². The van der Waals surface area contributed by atoms with Gasteiger partial charge in [0.25, 0.3) is 17.5 Å². The Bertz CT molecular complexity index is 913. The highest BCUT2D eigenvalue weighted by Gasteiger charge is 2.36. The fourth-order valence-electron chi connectivity index (χ4n) is 2.73. The average molecular weight is 368 g/mol. The molecule has 0 saturated carbocycles. The van der Waals surface area contributed by atoms with Crippen molar-refractivity contribution in [3.8, 4) is 0 Å². The lowest BCUT2D eigenvalue weighted by molar-refractivity contribution is -0.384. The number of nitrogens with one attached hydrogen (secondary N) is 2. The standard InChI is InChI=1S/C18H16N4O5/c23-16-14-8-7-13(22(26)27)11-15(14)17(24)21(16)10-4-9-19-18(25)20-12-5-2-1-3-6-12/h1-3,5-8,11H,4,9-10H2,(H2,19,20,25). The molecule has 0 fully saturated rings. The maximum atomic E-state index is 12.3. The SMILES string of the molecule is O=C(NCCCN1C(=O)c2ccc([N+](=O)[O-])cc2C1=O)Nc1ccccc1. The van der Waals surface area contributed by atoms with E-state index in [9.17, 15) is 24.5 Å². The molecule has 0 bridgehead atoms. The second kappa shape index (κ2) is 7.65.